The predicted octanol–water partition coefficient (Wildman–Crippen LogP) is 2.57. The molecule has 518 valence electrons. The van der Waals surface area contributed by atoms with Crippen molar-refractivity contribution in [3.63, 3.8) is 0 Å². The molecule has 1 rings (SSSR count). The number of nitrogens with two attached hydrogens (primary N) is 1. The lowest BCUT2D eigenvalue weighted by Gasteiger charge is -2.41. The molecule has 0 aromatic heterocycles. The van der Waals surface area contributed by atoms with E-state index in [1.807, 2.05) is 55.4 Å². The molecule has 13 atom stereocenters. The molecule has 90 heavy (non-hydrogen) atoms. The van der Waals surface area contributed by atoms with Gasteiger partial charge in [0.15, 0.2) is 0 Å². The Bertz CT molecular complexity index is 2390. The van der Waals surface area contributed by atoms with Crippen LogP contribution in [0.1, 0.15) is 175 Å². The molecule has 0 saturated carbocycles. The molecular weight excluding hydrogens is 1160 g/mol. The predicted molar refractivity (Wildman–Crippen MR) is 347 cm³/mol. The molecule has 25 heteroatoms. The minimum absolute atomic E-state index is 0.0597. The number of aliphatic hydroxyl groups excluding tert-OH is 2. The normalized spacial score (nSPS) is 26.8. The molecule has 0 aromatic carbocycles. The van der Waals surface area contributed by atoms with E-state index < -0.39 is 162 Å². The second kappa shape index (κ2) is 38.2. The van der Waals surface area contributed by atoms with Gasteiger partial charge >= 0.3 is 0 Å². The number of carbonyl (C=O) groups is 11. The Morgan fingerprint density at radius 3 is 1.24 bits per heavy atom. The molecule has 1 saturated heterocycles. The first-order valence-electron chi connectivity index (χ1n) is 32.8. The summed E-state index contributed by atoms with van der Waals surface area (Å²) in [4.78, 5) is 170. The van der Waals surface area contributed by atoms with Gasteiger partial charge in [0.05, 0.1) is 12.7 Å². The molecule has 1 heterocycles. The lowest BCUT2D eigenvalue weighted by Crippen LogP contribution is -2.64. The fourth-order valence-electron chi connectivity index (χ4n) is 11.6. The van der Waals surface area contributed by atoms with E-state index in [1.165, 1.54) is 82.8 Å². The van der Waals surface area contributed by atoms with E-state index >= 15 is 19.2 Å². The van der Waals surface area contributed by atoms with Gasteiger partial charge in [-0.15, -0.1) is 0 Å². The maximum Gasteiger partial charge on any atom is 0.248 e. The van der Waals surface area contributed by atoms with Crippen LogP contribution in [0.25, 0.3) is 0 Å². The number of likely N-dealkylation sites (N-methyl/N-ethyl adjacent to an activating group) is 7. The summed E-state index contributed by atoms with van der Waals surface area (Å²) in [6.07, 6.45) is 2.43. The summed E-state index contributed by atoms with van der Waals surface area (Å²) in [5.41, 5.74) is 5.74. The monoisotopic (exact) mass is 1280 g/mol. The number of nitrogens with one attached hydrogen (secondary N) is 4. The van der Waals surface area contributed by atoms with Crippen molar-refractivity contribution in [3.05, 3.63) is 0 Å². The Morgan fingerprint density at radius 2 is 0.800 bits per heavy atom. The topological polar surface area (TPSA) is 325 Å². The minimum atomic E-state index is -1.65. The van der Waals surface area contributed by atoms with Crippen LogP contribution < -0.4 is 27.0 Å². The van der Waals surface area contributed by atoms with Crippen LogP contribution >= 0.6 is 0 Å². The minimum Gasteiger partial charge on any atom is -0.394 e. The third-order valence-electron chi connectivity index (χ3n) is 17.4. The Morgan fingerprint density at radius 1 is 0.411 bits per heavy atom. The second-order valence-electron chi connectivity index (χ2n) is 27.7. The van der Waals surface area contributed by atoms with Crippen LogP contribution in [0.5, 0.6) is 0 Å². The Kier molecular flexibility index (Phi) is 34.8. The van der Waals surface area contributed by atoms with Crippen molar-refractivity contribution in [2.24, 2.45) is 47.2 Å². The average molecular weight is 1280 g/mol. The first-order chi connectivity index (χ1) is 41.7. The van der Waals surface area contributed by atoms with Gasteiger partial charge in [-0.1, -0.05) is 116 Å². The fourth-order valence-corrected chi connectivity index (χ4v) is 11.6. The molecule has 25 nitrogen and oxygen atoms in total. The molecule has 0 bridgehead atoms. The van der Waals surface area contributed by atoms with Gasteiger partial charge in [0, 0.05) is 49.3 Å². The highest BCUT2D eigenvalue weighted by Gasteiger charge is 2.46. The van der Waals surface area contributed by atoms with Crippen molar-refractivity contribution in [3.8, 4) is 0 Å². The number of hydrogen-bond acceptors (Lipinski definition) is 14. The van der Waals surface area contributed by atoms with Gasteiger partial charge in [0.2, 0.25) is 65.0 Å². The lowest BCUT2D eigenvalue weighted by atomic mass is 9.90. The summed E-state index contributed by atoms with van der Waals surface area (Å²) in [7, 11) is 9.69. The van der Waals surface area contributed by atoms with Crippen LogP contribution in [0, 0.1) is 41.4 Å². The zero-order chi connectivity index (χ0) is 69.7. The average Bonchev–Trinajstić information content (AvgIpc) is 0.957. The molecule has 0 aromatic rings. The molecule has 11 amide bonds. The van der Waals surface area contributed by atoms with E-state index in [-0.39, 0.29) is 55.8 Å². The van der Waals surface area contributed by atoms with Crippen molar-refractivity contribution >= 4 is 65.0 Å². The number of rotatable bonds is 20. The van der Waals surface area contributed by atoms with E-state index in [9.17, 15) is 43.8 Å². The van der Waals surface area contributed by atoms with Crippen molar-refractivity contribution < 1.29 is 63.0 Å². The van der Waals surface area contributed by atoms with Crippen LogP contribution in [0.15, 0.2) is 0 Å². The lowest BCUT2D eigenvalue weighted by molar-refractivity contribution is -0.157. The molecule has 8 N–H and O–H groups in total. The van der Waals surface area contributed by atoms with Gasteiger partial charge in [-0.05, 0) is 107 Å². The van der Waals surface area contributed by atoms with E-state index in [4.69, 9.17) is 5.73 Å². The highest BCUT2D eigenvalue weighted by Crippen LogP contribution is 2.26. The summed E-state index contributed by atoms with van der Waals surface area (Å²) in [6.45, 7) is 27.5. The van der Waals surface area contributed by atoms with Crippen LogP contribution in [-0.4, -0.2) is 245 Å². The van der Waals surface area contributed by atoms with Crippen molar-refractivity contribution in [2.45, 2.75) is 248 Å². The summed E-state index contributed by atoms with van der Waals surface area (Å²) in [5.74, 6) is -10.5. The van der Waals surface area contributed by atoms with E-state index in [0.29, 0.717) is 19.4 Å². The number of aliphatic hydroxyl groups is 2. The maximum absolute atomic E-state index is 15.3. The van der Waals surface area contributed by atoms with Crippen LogP contribution in [-0.2, 0) is 52.7 Å². The van der Waals surface area contributed by atoms with Crippen molar-refractivity contribution in [1.82, 2.24) is 55.6 Å². The largest absolute Gasteiger partial charge is 0.394 e. The van der Waals surface area contributed by atoms with E-state index in [2.05, 4.69) is 21.3 Å². The molecule has 1 aliphatic heterocycles. The van der Waals surface area contributed by atoms with Crippen LogP contribution in [0.3, 0.4) is 0 Å². The summed E-state index contributed by atoms with van der Waals surface area (Å²) >= 11 is 0. The van der Waals surface area contributed by atoms with E-state index in [1.54, 1.807) is 41.5 Å². The smallest absolute Gasteiger partial charge is 0.248 e. The van der Waals surface area contributed by atoms with Crippen molar-refractivity contribution in [2.75, 3.05) is 62.5 Å². The second-order valence-corrected chi connectivity index (χ2v) is 27.7. The Hall–Kier alpha value is -5.95. The molecule has 0 spiro atoms. The first-order valence-corrected chi connectivity index (χ1v) is 32.8. The van der Waals surface area contributed by atoms with Gasteiger partial charge in [-0.25, -0.2) is 0 Å². The molecule has 1 fully saturated rings. The zero-order valence-corrected chi connectivity index (χ0v) is 59.0. The fraction of sp³-hybridized carbons (Fsp3) is 0.831. The highest BCUT2D eigenvalue weighted by molar-refractivity contribution is 6.00. The highest BCUT2D eigenvalue weighted by atomic mass is 16.3. The van der Waals surface area contributed by atoms with Crippen molar-refractivity contribution in [1.29, 1.82) is 0 Å². The first kappa shape index (κ1) is 82.1. The molecule has 1 aliphatic rings. The van der Waals surface area contributed by atoms with Crippen LogP contribution in [0.2, 0.25) is 0 Å². The third kappa shape index (κ3) is 23.0. The number of carbonyl (C=O) groups excluding carboxylic acids is 11. The summed E-state index contributed by atoms with van der Waals surface area (Å²) < 4.78 is 0. The Labute approximate surface area is 538 Å². The quantitative estimate of drug-likeness (QED) is 0.0863. The molecular formula is C65H120N12O13. The number of hydrogen-bond donors (Lipinski definition) is 7. The van der Waals surface area contributed by atoms with Gasteiger partial charge in [0.25, 0.3) is 0 Å². The third-order valence-corrected chi connectivity index (χ3v) is 17.4. The molecule has 0 radical (unpaired) electrons. The molecule has 0 unspecified atom stereocenters. The van der Waals surface area contributed by atoms with Gasteiger partial charge in [-0.3, -0.25) is 52.7 Å². The number of nitrogens with zero attached hydrogens (tertiary/aromatic N) is 7. The summed E-state index contributed by atoms with van der Waals surface area (Å²) in [6, 6.07) is -14.4. The van der Waals surface area contributed by atoms with Gasteiger partial charge in [0.1, 0.15) is 66.5 Å². The number of amides is 11. The SMILES string of the molecule is CC[C@@H]1NC(=O)[C@H]([C@H](O)[C@H](C)CCCCCCN)N(C)C(=O)[C@H](C(C)C)N(C)C(=O)[C@H](CC(C)C)N(C)C(=O)[C@H](CC(C)C)N(C)C(=O)[C@@H](C)NC(=O)[C@H](C)NC(=O)[C@H](CC(C)C)N(C)C(=O)[C@H](C(C)C)NC(=O)[C@H](CC(C)C)N(C)C(=O)[C@@H](CO)N(C)C1=O. The summed E-state index contributed by atoms with van der Waals surface area (Å²) in [5, 5.41) is 34.2. The molecule has 0 aliphatic carbocycles. The standard InChI is InChI=1S/C65H120N12O13/c1-24-45-60(85)75(21)50(35-78)63(88)71(17)47(32-37(4)5)57(82)70-51(40(10)11)64(89)72(18)46(31-36(2)3)56(81)67-43(15)55(80)68-44(16)59(84)73(19)48(33-38(6)7)61(86)74(20)49(34-39(8)9)62(87)76(22)52(41(12)13)65(90)77(23)53(58(83)69-45)54(79)42(14)29-27-25-26-28-30-66/h36-54,78-79H,24-35,66H2,1-23H3,(H,67,81)(H,68,80)(H,69,83)(H,70,82)/t42-,43+,44-,45+,46+,47+,48+,49+,50-,51+,52+,53+,54-/m1/s1. The Balaban J connectivity index is 4.42. The number of unbranched alkanes of at least 4 members (excludes halogenated alkanes) is 3. The maximum atomic E-state index is 15.3. The van der Waals surface area contributed by atoms with Crippen LogP contribution in [0.4, 0.5) is 0 Å². The van der Waals surface area contributed by atoms with E-state index in [0.717, 1.165) is 34.0 Å². The van der Waals surface area contributed by atoms with Gasteiger partial charge < -0.3 is 71.5 Å². The zero-order valence-electron chi connectivity index (χ0n) is 59.0. The van der Waals surface area contributed by atoms with Gasteiger partial charge in [-0.2, -0.15) is 0 Å².